The molecule has 5 aromatic rings. The number of thioether (sulfide) groups is 1. The number of sulfone groups is 1. The highest BCUT2D eigenvalue weighted by atomic mass is 35.5. The largest absolute Gasteiger partial charge is 0.501 e. The van der Waals surface area contributed by atoms with Gasteiger partial charge in [-0.3, -0.25) is 9.69 Å². The fourth-order valence-corrected chi connectivity index (χ4v) is 10.0. The van der Waals surface area contributed by atoms with E-state index < -0.39 is 52.8 Å². The molecule has 1 atom stereocenters. The SMILES string of the molecule is CC(C)N(C)CC[C@H](CSc1ccccc1)Nc1ccc(S(=O)(=O)NC(=O)c2ccc(C3=CCN(Cc4ccccc4-c4ccc(Cl)cc4)CC3)cc2)cc1S(=O)(=O)C(F)(F)F. The third-order valence-corrected chi connectivity index (χ3v) is 15.0. The first kappa shape index (κ1) is 46.9. The fourth-order valence-electron chi connectivity index (χ4n) is 6.89. The Morgan fingerprint density at radius 1 is 0.871 bits per heavy atom. The Morgan fingerprint density at radius 2 is 1.53 bits per heavy atom. The Bertz CT molecular complexity index is 2590. The number of alkyl halides is 3. The van der Waals surface area contributed by atoms with Gasteiger partial charge in [0, 0.05) is 59.5 Å². The summed E-state index contributed by atoms with van der Waals surface area (Å²) in [5, 5.41) is 3.65. The molecule has 0 saturated heterocycles. The van der Waals surface area contributed by atoms with Crippen LogP contribution in [0.25, 0.3) is 16.7 Å². The van der Waals surface area contributed by atoms with Crippen LogP contribution in [0.5, 0.6) is 0 Å². The summed E-state index contributed by atoms with van der Waals surface area (Å²) < 4.78 is 97.2. The molecule has 1 aliphatic heterocycles. The lowest BCUT2D eigenvalue weighted by atomic mass is 9.96. The van der Waals surface area contributed by atoms with E-state index in [4.69, 9.17) is 11.6 Å². The molecule has 0 unspecified atom stereocenters. The number of nitrogens with zero attached hydrogens (tertiary/aromatic N) is 2. The molecule has 0 saturated carbocycles. The Hall–Kier alpha value is -4.64. The standard InChI is InChI=1S/C46H48ClF3N4O5S3/c1-32(2)53(3)26-25-39(31-60-40-10-5-4-6-11-40)51-43-22-21-41(29-44(43)61(56,57)46(48,49)50)62(58,59)52-45(55)36-15-13-33(14-16-36)34-23-27-54(28-24-34)30-37-9-7-8-12-42(37)35-17-19-38(47)20-18-35/h4-23,29,32,39,51H,24-28,30-31H2,1-3H3,(H,52,55)/t39-/m1/s1. The van der Waals surface area contributed by atoms with Crippen LogP contribution >= 0.6 is 23.4 Å². The number of benzene rings is 5. The highest BCUT2D eigenvalue weighted by molar-refractivity contribution is 7.99. The van der Waals surface area contributed by atoms with Crippen molar-refractivity contribution in [3.05, 3.63) is 149 Å². The Balaban J connectivity index is 1.15. The number of carbonyl (C=O) groups excluding carboxylic acids is 1. The number of carbonyl (C=O) groups is 1. The van der Waals surface area contributed by atoms with E-state index in [1.54, 1.807) is 12.1 Å². The van der Waals surface area contributed by atoms with Gasteiger partial charge in [0.2, 0.25) is 0 Å². The van der Waals surface area contributed by atoms with Crippen molar-refractivity contribution in [2.75, 3.05) is 37.8 Å². The quantitative estimate of drug-likeness (QED) is 0.0880. The van der Waals surface area contributed by atoms with Gasteiger partial charge >= 0.3 is 5.51 Å². The van der Waals surface area contributed by atoms with Gasteiger partial charge in [-0.2, -0.15) is 13.2 Å². The topological polar surface area (TPSA) is 116 Å². The van der Waals surface area contributed by atoms with Gasteiger partial charge in [0.15, 0.2) is 0 Å². The Morgan fingerprint density at radius 3 is 2.18 bits per heavy atom. The van der Waals surface area contributed by atoms with Crippen LogP contribution in [0.15, 0.2) is 142 Å². The second-order valence-electron chi connectivity index (χ2n) is 15.3. The van der Waals surface area contributed by atoms with E-state index in [0.29, 0.717) is 36.4 Å². The maximum atomic E-state index is 14.1. The van der Waals surface area contributed by atoms with Gasteiger partial charge in [-0.25, -0.2) is 21.6 Å². The van der Waals surface area contributed by atoms with Crippen molar-refractivity contribution in [2.24, 2.45) is 0 Å². The maximum absolute atomic E-state index is 14.1. The first-order valence-electron chi connectivity index (χ1n) is 19.9. The van der Waals surface area contributed by atoms with Crippen LogP contribution in [0.4, 0.5) is 18.9 Å². The second-order valence-corrected chi connectivity index (χ2v) is 20.4. The number of sulfonamides is 1. The molecule has 0 fully saturated rings. The summed E-state index contributed by atoms with van der Waals surface area (Å²) >= 11 is 7.55. The molecule has 328 valence electrons. The van der Waals surface area contributed by atoms with Gasteiger partial charge in [0.05, 0.1) is 10.6 Å². The van der Waals surface area contributed by atoms with Gasteiger partial charge in [0.1, 0.15) is 4.90 Å². The van der Waals surface area contributed by atoms with Gasteiger partial charge in [-0.1, -0.05) is 84.4 Å². The smallest absolute Gasteiger partial charge is 0.380 e. The average molecular weight is 926 g/mol. The summed E-state index contributed by atoms with van der Waals surface area (Å²) in [4.78, 5) is 16.5. The second kappa shape index (κ2) is 20.2. The molecule has 16 heteroatoms. The van der Waals surface area contributed by atoms with E-state index in [1.807, 2.05) is 97.2 Å². The maximum Gasteiger partial charge on any atom is 0.501 e. The van der Waals surface area contributed by atoms with Crippen LogP contribution in [0.1, 0.15) is 48.2 Å². The lowest BCUT2D eigenvalue weighted by Gasteiger charge is -2.27. The third-order valence-electron chi connectivity index (χ3n) is 10.7. The summed E-state index contributed by atoms with van der Waals surface area (Å²) in [7, 11) is -8.98. The minimum Gasteiger partial charge on any atom is -0.380 e. The number of nitrogens with one attached hydrogen (secondary N) is 2. The van der Waals surface area contributed by atoms with Crippen LogP contribution in [-0.4, -0.2) is 82.6 Å². The zero-order valence-corrected chi connectivity index (χ0v) is 37.6. The van der Waals surface area contributed by atoms with Crippen LogP contribution in [0.2, 0.25) is 5.02 Å². The van der Waals surface area contributed by atoms with E-state index in [2.05, 4.69) is 28.4 Å². The number of halogens is 4. The van der Waals surface area contributed by atoms with Crippen LogP contribution in [0, 0.1) is 0 Å². The van der Waals surface area contributed by atoms with Gasteiger partial charge in [-0.15, -0.1) is 11.8 Å². The Kier molecular flexibility index (Phi) is 15.3. The van der Waals surface area contributed by atoms with E-state index in [9.17, 15) is 34.8 Å². The van der Waals surface area contributed by atoms with Crippen molar-refractivity contribution in [1.82, 2.24) is 14.5 Å². The predicted octanol–water partition coefficient (Wildman–Crippen LogP) is 10.0. The van der Waals surface area contributed by atoms with Crippen molar-refractivity contribution >= 4 is 60.4 Å². The van der Waals surface area contributed by atoms with Gasteiger partial charge in [-0.05, 0) is 116 Å². The van der Waals surface area contributed by atoms with E-state index >= 15 is 0 Å². The normalized spacial score (nSPS) is 14.4. The molecule has 62 heavy (non-hydrogen) atoms. The molecule has 1 heterocycles. The molecule has 6 rings (SSSR count). The van der Waals surface area contributed by atoms with Crippen molar-refractivity contribution in [3.63, 3.8) is 0 Å². The van der Waals surface area contributed by atoms with E-state index in [0.717, 1.165) is 58.8 Å². The number of hydrogen-bond acceptors (Lipinski definition) is 9. The first-order valence-corrected chi connectivity index (χ1v) is 24.3. The fraction of sp³-hybridized carbons (Fsp3) is 0.283. The molecule has 1 aliphatic rings. The third kappa shape index (κ3) is 11.9. The highest BCUT2D eigenvalue weighted by Gasteiger charge is 2.48. The molecule has 0 radical (unpaired) electrons. The van der Waals surface area contributed by atoms with Crippen molar-refractivity contribution in [1.29, 1.82) is 0 Å². The lowest BCUT2D eigenvalue weighted by molar-refractivity contribution is -0.0435. The monoisotopic (exact) mass is 924 g/mol. The van der Waals surface area contributed by atoms with Crippen molar-refractivity contribution in [2.45, 2.75) is 65.5 Å². The van der Waals surface area contributed by atoms with Crippen LogP contribution in [-0.2, 0) is 26.4 Å². The van der Waals surface area contributed by atoms with Crippen LogP contribution in [0.3, 0.4) is 0 Å². The summed E-state index contributed by atoms with van der Waals surface area (Å²) in [6.07, 6.45) is 3.29. The summed E-state index contributed by atoms with van der Waals surface area (Å²) in [5.41, 5.74) is -0.839. The van der Waals surface area contributed by atoms with Crippen molar-refractivity contribution in [3.8, 4) is 11.1 Å². The molecule has 9 nitrogen and oxygen atoms in total. The molecule has 1 amide bonds. The van der Waals surface area contributed by atoms with Crippen LogP contribution < -0.4 is 10.0 Å². The zero-order valence-electron chi connectivity index (χ0n) is 34.4. The van der Waals surface area contributed by atoms with E-state index in [1.165, 1.54) is 29.5 Å². The highest BCUT2D eigenvalue weighted by Crippen LogP contribution is 2.37. The minimum atomic E-state index is -6.05. The summed E-state index contributed by atoms with van der Waals surface area (Å²) in [6, 6.07) is 33.8. The van der Waals surface area contributed by atoms with Gasteiger partial charge in [0.25, 0.3) is 25.8 Å². The van der Waals surface area contributed by atoms with E-state index in [-0.39, 0.29) is 11.6 Å². The lowest BCUT2D eigenvalue weighted by Crippen LogP contribution is -2.34. The molecule has 2 N–H and O–H groups in total. The average Bonchev–Trinajstić information content (AvgIpc) is 3.25. The van der Waals surface area contributed by atoms with Crippen molar-refractivity contribution < 1.29 is 34.8 Å². The molecule has 0 aromatic heterocycles. The predicted molar refractivity (Wildman–Crippen MR) is 242 cm³/mol. The molecule has 0 bridgehead atoms. The number of amides is 1. The number of hydrogen-bond donors (Lipinski definition) is 2. The molecular weight excluding hydrogens is 877 g/mol. The zero-order chi connectivity index (χ0) is 44.7. The molecule has 0 aliphatic carbocycles. The summed E-state index contributed by atoms with van der Waals surface area (Å²) in [5.74, 6) is -0.665. The summed E-state index contributed by atoms with van der Waals surface area (Å²) in [6.45, 7) is 6.75. The Labute approximate surface area is 371 Å². The first-order chi connectivity index (χ1) is 29.4. The molecular formula is C46H48ClF3N4O5S3. The number of rotatable bonds is 17. The molecule has 5 aromatic carbocycles. The minimum absolute atomic E-state index is 0.0132. The van der Waals surface area contributed by atoms with Gasteiger partial charge < -0.3 is 10.2 Å². The molecule has 0 spiro atoms. The number of anilines is 1.